The highest BCUT2D eigenvalue weighted by atomic mass is 32.2. The predicted octanol–water partition coefficient (Wildman–Crippen LogP) is 2.05. The van der Waals surface area contributed by atoms with Crippen molar-refractivity contribution in [2.45, 2.75) is 39.8 Å². The first kappa shape index (κ1) is 27.4. The van der Waals surface area contributed by atoms with E-state index in [9.17, 15) is 23.1 Å². The van der Waals surface area contributed by atoms with Gasteiger partial charge in [0, 0.05) is 19.5 Å². The molecule has 2 heterocycles. The Morgan fingerprint density at radius 1 is 1.33 bits per heavy atom. The summed E-state index contributed by atoms with van der Waals surface area (Å²) < 4.78 is 36.7. The fourth-order valence-corrected chi connectivity index (χ4v) is 4.29. The first-order valence-corrected chi connectivity index (χ1v) is 13.3. The zero-order valence-corrected chi connectivity index (χ0v) is 22.0. The van der Waals surface area contributed by atoms with Gasteiger partial charge >= 0.3 is 6.03 Å². The third-order valence-corrected chi connectivity index (χ3v) is 7.50. The minimum atomic E-state index is -3.50. The number of hydrogen-bond donors (Lipinski definition) is 3. The standard InChI is InChI=1S/C23H33N5O7S/c1-13-10-28(14(2)12-29)22(30)17-8-7-9-18(21(17)34-19(13)11-27(5)36(6,32)33)24-23(31)25-20-15(3)26-35-16(20)4/h7-9,13-14,19,29H,10-12H2,1-6H3,(H2,24,25,31)/t13-,14-,19+/m1/s1. The van der Waals surface area contributed by atoms with Gasteiger partial charge in [0.1, 0.15) is 17.5 Å². The molecule has 2 aromatic rings. The van der Waals surface area contributed by atoms with E-state index < -0.39 is 28.2 Å². The Bertz CT molecular complexity index is 1210. The highest BCUT2D eigenvalue weighted by Crippen LogP contribution is 2.35. The Balaban J connectivity index is 2.01. The van der Waals surface area contributed by atoms with Gasteiger partial charge in [0.25, 0.3) is 5.91 Å². The summed E-state index contributed by atoms with van der Waals surface area (Å²) in [6.07, 6.45) is 0.447. The lowest BCUT2D eigenvalue weighted by molar-refractivity contribution is 0.0389. The predicted molar refractivity (Wildman–Crippen MR) is 134 cm³/mol. The van der Waals surface area contributed by atoms with Crippen LogP contribution in [-0.2, 0) is 10.0 Å². The van der Waals surface area contributed by atoms with Gasteiger partial charge in [-0.1, -0.05) is 18.1 Å². The molecular formula is C23H33N5O7S. The number of anilines is 2. The summed E-state index contributed by atoms with van der Waals surface area (Å²) in [5.41, 5.74) is 1.34. The quantitative estimate of drug-likeness (QED) is 0.498. The number of carbonyl (C=O) groups excluding carboxylic acids is 2. The Morgan fingerprint density at radius 3 is 2.61 bits per heavy atom. The summed E-state index contributed by atoms with van der Waals surface area (Å²) in [5, 5.41) is 19.0. The van der Waals surface area contributed by atoms with E-state index >= 15 is 0 Å². The van der Waals surface area contributed by atoms with Crippen LogP contribution in [-0.4, -0.2) is 85.0 Å². The zero-order chi connectivity index (χ0) is 26.8. The monoisotopic (exact) mass is 523 g/mol. The molecule has 3 amide bonds. The van der Waals surface area contributed by atoms with Gasteiger partial charge in [-0.2, -0.15) is 0 Å². The zero-order valence-electron chi connectivity index (χ0n) is 21.2. The summed E-state index contributed by atoms with van der Waals surface area (Å²) in [5.74, 6) is -0.124. The highest BCUT2D eigenvalue weighted by Gasteiger charge is 2.35. The van der Waals surface area contributed by atoms with Gasteiger partial charge in [-0.25, -0.2) is 17.5 Å². The number of benzene rings is 1. The number of rotatable bonds is 7. The lowest BCUT2D eigenvalue weighted by Gasteiger charge is -2.38. The average Bonchev–Trinajstić information content (AvgIpc) is 3.12. The normalized spacial score (nSPS) is 19.2. The van der Waals surface area contributed by atoms with Crippen LogP contribution in [0, 0.1) is 19.8 Å². The average molecular weight is 524 g/mol. The van der Waals surface area contributed by atoms with Gasteiger partial charge in [0.05, 0.1) is 36.7 Å². The Labute approximate surface area is 210 Å². The third-order valence-electron chi connectivity index (χ3n) is 6.21. The first-order chi connectivity index (χ1) is 16.8. The SMILES string of the molecule is Cc1noc(C)c1NC(=O)Nc1cccc2c1O[C@@H](CN(C)S(C)(=O)=O)[C@H](C)CN([C@H](C)CO)C2=O. The smallest absolute Gasteiger partial charge is 0.323 e. The second-order valence-electron chi connectivity index (χ2n) is 9.13. The second-order valence-corrected chi connectivity index (χ2v) is 11.2. The van der Waals surface area contributed by atoms with Crippen molar-refractivity contribution in [3.8, 4) is 5.75 Å². The number of sulfonamides is 1. The van der Waals surface area contributed by atoms with Crippen molar-refractivity contribution in [3.05, 3.63) is 35.2 Å². The van der Waals surface area contributed by atoms with E-state index in [1.165, 1.54) is 16.3 Å². The van der Waals surface area contributed by atoms with E-state index in [4.69, 9.17) is 9.26 Å². The molecule has 0 saturated carbocycles. The maximum absolute atomic E-state index is 13.5. The molecule has 0 fully saturated rings. The number of urea groups is 1. The Morgan fingerprint density at radius 2 is 2.03 bits per heavy atom. The summed E-state index contributed by atoms with van der Waals surface area (Å²) in [6, 6.07) is 3.67. The summed E-state index contributed by atoms with van der Waals surface area (Å²) >= 11 is 0. The molecule has 198 valence electrons. The number of hydrogen-bond acceptors (Lipinski definition) is 8. The lowest BCUT2D eigenvalue weighted by atomic mass is 9.99. The van der Waals surface area contributed by atoms with Crippen LogP contribution in [0.15, 0.2) is 22.7 Å². The lowest BCUT2D eigenvalue weighted by Crippen LogP contribution is -2.50. The van der Waals surface area contributed by atoms with Gasteiger partial charge in [0.2, 0.25) is 10.0 Å². The van der Waals surface area contributed by atoms with Crippen molar-refractivity contribution in [1.82, 2.24) is 14.4 Å². The van der Waals surface area contributed by atoms with Crippen LogP contribution in [0.1, 0.15) is 35.7 Å². The molecule has 1 aliphatic rings. The van der Waals surface area contributed by atoms with Crippen LogP contribution >= 0.6 is 0 Å². The number of aryl methyl sites for hydroxylation is 2. The molecule has 3 rings (SSSR count). The number of aromatic nitrogens is 1. The van der Waals surface area contributed by atoms with E-state index in [2.05, 4.69) is 15.8 Å². The molecule has 0 spiro atoms. The van der Waals surface area contributed by atoms with Gasteiger partial charge in [0.15, 0.2) is 11.5 Å². The van der Waals surface area contributed by atoms with Crippen molar-refractivity contribution in [2.24, 2.45) is 5.92 Å². The molecule has 0 aliphatic carbocycles. The fraction of sp³-hybridized carbons (Fsp3) is 0.522. The molecule has 1 aromatic carbocycles. The largest absolute Gasteiger partial charge is 0.486 e. The van der Waals surface area contributed by atoms with E-state index in [1.807, 2.05) is 6.92 Å². The number of likely N-dealkylation sites (N-methyl/N-ethyl adjacent to an activating group) is 1. The second kappa shape index (κ2) is 10.8. The number of nitrogens with zero attached hydrogens (tertiary/aromatic N) is 3. The summed E-state index contributed by atoms with van der Waals surface area (Å²) in [7, 11) is -2.05. The van der Waals surface area contributed by atoms with E-state index in [0.717, 1.165) is 6.26 Å². The summed E-state index contributed by atoms with van der Waals surface area (Å²) in [4.78, 5) is 27.8. The van der Waals surface area contributed by atoms with E-state index in [1.54, 1.807) is 39.0 Å². The van der Waals surface area contributed by atoms with Crippen molar-refractivity contribution in [1.29, 1.82) is 0 Å². The van der Waals surface area contributed by atoms with Crippen LogP contribution in [0.2, 0.25) is 0 Å². The van der Waals surface area contributed by atoms with Crippen molar-refractivity contribution in [2.75, 3.05) is 43.6 Å². The molecule has 0 saturated heterocycles. The first-order valence-electron chi connectivity index (χ1n) is 11.5. The van der Waals surface area contributed by atoms with Gasteiger partial charge in [-0.3, -0.25) is 4.79 Å². The molecule has 0 unspecified atom stereocenters. The van der Waals surface area contributed by atoms with Crippen LogP contribution in [0.4, 0.5) is 16.2 Å². The molecular weight excluding hydrogens is 490 g/mol. The molecule has 13 heteroatoms. The van der Waals surface area contributed by atoms with Crippen LogP contribution in [0.25, 0.3) is 0 Å². The van der Waals surface area contributed by atoms with Crippen molar-refractivity contribution < 1.29 is 32.4 Å². The van der Waals surface area contributed by atoms with E-state index in [-0.39, 0.29) is 48.5 Å². The van der Waals surface area contributed by atoms with Crippen LogP contribution in [0.5, 0.6) is 5.75 Å². The minimum absolute atomic E-state index is 0.0224. The van der Waals surface area contributed by atoms with E-state index in [0.29, 0.717) is 17.1 Å². The molecule has 1 aromatic heterocycles. The maximum Gasteiger partial charge on any atom is 0.323 e. The third kappa shape index (κ3) is 5.97. The van der Waals surface area contributed by atoms with Gasteiger partial charge in [-0.05, 0) is 32.9 Å². The van der Waals surface area contributed by atoms with Crippen molar-refractivity contribution >= 4 is 33.3 Å². The van der Waals surface area contributed by atoms with Crippen molar-refractivity contribution in [3.63, 3.8) is 0 Å². The summed E-state index contributed by atoms with van der Waals surface area (Å²) in [6.45, 7) is 6.94. The number of fused-ring (bicyclic) bond motifs is 1. The Kier molecular flexibility index (Phi) is 8.26. The molecule has 1 aliphatic heterocycles. The number of amides is 3. The molecule has 12 nitrogen and oxygen atoms in total. The topological polar surface area (TPSA) is 154 Å². The van der Waals surface area contributed by atoms with Gasteiger partial charge in [-0.15, -0.1) is 0 Å². The molecule has 0 bridgehead atoms. The molecule has 36 heavy (non-hydrogen) atoms. The number of carbonyl (C=O) groups is 2. The van der Waals surface area contributed by atoms with Crippen LogP contribution < -0.4 is 15.4 Å². The number of aliphatic hydroxyl groups excluding tert-OH is 1. The number of para-hydroxylation sites is 1. The van der Waals surface area contributed by atoms with Gasteiger partial charge < -0.3 is 29.9 Å². The Hall–Kier alpha value is -3.16. The van der Waals surface area contributed by atoms with Crippen LogP contribution in [0.3, 0.4) is 0 Å². The number of ether oxygens (including phenoxy) is 1. The molecule has 3 N–H and O–H groups in total. The number of aliphatic hydroxyl groups is 1. The fourth-order valence-electron chi connectivity index (χ4n) is 3.88. The molecule has 0 radical (unpaired) electrons. The molecule has 3 atom stereocenters. The highest BCUT2D eigenvalue weighted by molar-refractivity contribution is 7.88. The maximum atomic E-state index is 13.5. The minimum Gasteiger partial charge on any atom is -0.486 e. The number of nitrogens with one attached hydrogen (secondary N) is 2.